The highest BCUT2D eigenvalue weighted by atomic mass is 32.1. The molecule has 0 radical (unpaired) electrons. The Bertz CT molecular complexity index is 920. The van der Waals surface area contributed by atoms with E-state index in [4.69, 9.17) is 4.74 Å². The van der Waals surface area contributed by atoms with Gasteiger partial charge >= 0.3 is 0 Å². The van der Waals surface area contributed by atoms with Crippen LogP contribution in [0, 0.1) is 5.92 Å². The number of benzene rings is 1. The highest BCUT2D eigenvalue weighted by molar-refractivity contribution is 7.20. The average Bonchev–Trinajstić information content (AvgIpc) is 3.36. The third-order valence-corrected chi connectivity index (χ3v) is 6.94. The molecule has 1 saturated heterocycles. The summed E-state index contributed by atoms with van der Waals surface area (Å²) in [6.07, 6.45) is 2.46. The predicted molar refractivity (Wildman–Crippen MR) is 112 cm³/mol. The van der Waals surface area contributed by atoms with Crippen LogP contribution in [0.2, 0.25) is 0 Å². The van der Waals surface area contributed by atoms with Crippen LogP contribution in [-0.4, -0.2) is 41.9 Å². The maximum atomic E-state index is 13.1. The van der Waals surface area contributed by atoms with E-state index in [1.807, 2.05) is 44.2 Å². The van der Waals surface area contributed by atoms with Crippen LogP contribution in [0.25, 0.3) is 10.1 Å². The summed E-state index contributed by atoms with van der Waals surface area (Å²) in [6, 6.07) is 8.96. The topological polar surface area (TPSA) is 84.5 Å². The van der Waals surface area contributed by atoms with Crippen molar-refractivity contribution in [3.63, 3.8) is 0 Å². The maximum absolute atomic E-state index is 13.1. The molecule has 0 bridgehead atoms. The van der Waals surface area contributed by atoms with Gasteiger partial charge in [-0.05, 0) is 49.1 Å². The summed E-state index contributed by atoms with van der Waals surface area (Å²) in [5.74, 6) is -0.422. The van der Waals surface area contributed by atoms with Crippen molar-refractivity contribution in [1.82, 2.24) is 10.6 Å². The Balaban J connectivity index is 1.51. The molecule has 3 atom stereocenters. The van der Waals surface area contributed by atoms with Crippen LogP contribution in [0.3, 0.4) is 0 Å². The van der Waals surface area contributed by atoms with E-state index in [2.05, 4.69) is 10.6 Å². The van der Waals surface area contributed by atoms with Gasteiger partial charge in [0, 0.05) is 4.70 Å². The molecule has 7 heteroatoms. The first-order chi connectivity index (χ1) is 13.9. The Morgan fingerprint density at radius 1 is 1.31 bits per heavy atom. The molecule has 29 heavy (non-hydrogen) atoms. The van der Waals surface area contributed by atoms with Crippen LogP contribution in [0.1, 0.15) is 49.2 Å². The highest BCUT2D eigenvalue weighted by Gasteiger charge is 2.55. The van der Waals surface area contributed by atoms with Crippen molar-refractivity contribution in [2.75, 3.05) is 6.61 Å². The van der Waals surface area contributed by atoms with E-state index < -0.39 is 11.6 Å². The standard InChI is InChI=1S/C22H26N2O4S/c1-13(2)10-15(20(26)24-22-9-5-8-19(22)28-12-18(22)25)23-21(27)17-11-14-6-3-4-7-16(14)29-17/h3-4,6-7,11,13,15,19H,5,8-10,12H2,1-2H3,(H,23,27)(H,24,26)/t15-,19+,22-/m0/s1. The van der Waals surface area contributed by atoms with Crippen molar-refractivity contribution >= 4 is 39.0 Å². The summed E-state index contributed by atoms with van der Waals surface area (Å²) in [6.45, 7) is 4.06. The molecular formula is C22H26N2O4S. The van der Waals surface area contributed by atoms with Gasteiger partial charge in [0.05, 0.1) is 11.0 Å². The molecule has 1 saturated carbocycles. The number of rotatable bonds is 6. The highest BCUT2D eigenvalue weighted by Crippen LogP contribution is 2.38. The number of ether oxygens (including phenoxy) is 1. The molecule has 1 aromatic carbocycles. The molecule has 0 unspecified atom stereocenters. The first kappa shape index (κ1) is 20.0. The Hall–Kier alpha value is -2.25. The van der Waals surface area contributed by atoms with Gasteiger partial charge in [-0.25, -0.2) is 0 Å². The third kappa shape index (κ3) is 3.81. The van der Waals surface area contributed by atoms with Crippen LogP contribution >= 0.6 is 11.3 Å². The second kappa shape index (κ2) is 7.88. The molecule has 2 aromatic rings. The van der Waals surface area contributed by atoms with E-state index in [1.54, 1.807) is 0 Å². The molecule has 2 heterocycles. The van der Waals surface area contributed by atoms with Gasteiger partial charge in [0.25, 0.3) is 5.91 Å². The van der Waals surface area contributed by atoms with Crippen LogP contribution in [-0.2, 0) is 14.3 Å². The number of hydrogen-bond acceptors (Lipinski definition) is 5. The lowest BCUT2D eigenvalue weighted by atomic mass is 9.91. The fourth-order valence-electron chi connectivity index (χ4n) is 4.37. The molecule has 4 rings (SSSR count). The number of Topliss-reactive ketones (excluding diaryl/α,β-unsaturated/α-hetero) is 1. The normalized spacial score (nSPS) is 24.7. The molecule has 2 amide bonds. The zero-order valence-corrected chi connectivity index (χ0v) is 17.5. The number of carbonyl (C=O) groups is 3. The summed E-state index contributed by atoms with van der Waals surface area (Å²) in [5.41, 5.74) is -0.922. The van der Waals surface area contributed by atoms with E-state index in [-0.39, 0.29) is 36.2 Å². The maximum Gasteiger partial charge on any atom is 0.262 e. The molecular weight excluding hydrogens is 388 g/mol. The van der Waals surface area contributed by atoms with Crippen molar-refractivity contribution in [2.24, 2.45) is 5.92 Å². The van der Waals surface area contributed by atoms with E-state index in [0.717, 1.165) is 22.9 Å². The van der Waals surface area contributed by atoms with Crippen molar-refractivity contribution < 1.29 is 19.1 Å². The predicted octanol–water partition coefficient (Wildman–Crippen LogP) is 3.05. The van der Waals surface area contributed by atoms with Gasteiger partial charge in [0.1, 0.15) is 18.2 Å². The molecule has 0 spiro atoms. The second-order valence-electron chi connectivity index (χ2n) is 8.38. The van der Waals surface area contributed by atoms with E-state index in [9.17, 15) is 14.4 Å². The number of nitrogens with one attached hydrogen (secondary N) is 2. The fraction of sp³-hybridized carbons (Fsp3) is 0.500. The first-order valence-electron chi connectivity index (χ1n) is 10.2. The van der Waals surface area contributed by atoms with Crippen LogP contribution < -0.4 is 10.6 Å². The summed E-state index contributed by atoms with van der Waals surface area (Å²) < 4.78 is 6.62. The molecule has 2 aliphatic rings. The molecule has 2 N–H and O–H groups in total. The van der Waals surface area contributed by atoms with E-state index >= 15 is 0 Å². The number of carbonyl (C=O) groups excluding carboxylic acids is 3. The Labute approximate surface area is 174 Å². The minimum atomic E-state index is -0.922. The van der Waals surface area contributed by atoms with Gasteiger partial charge in [0.15, 0.2) is 5.78 Å². The van der Waals surface area contributed by atoms with Crippen LogP contribution in [0.4, 0.5) is 0 Å². The minimum Gasteiger partial charge on any atom is -0.367 e. The van der Waals surface area contributed by atoms with Gasteiger partial charge in [-0.2, -0.15) is 0 Å². The molecule has 1 aliphatic heterocycles. The summed E-state index contributed by atoms with van der Waals surface area (Å²) in [4.78, 5) is 39.0. The monoisotopic (exact) mass is 414 g/mol. The van der Waals surface area contributed by atoms with Gasteiger partial charge in [-0.3, -0.25) is 14.4 Å². The lowest BCUT2D eigenvalue weighted by molar-refractivity contribution is -0.131. The zero-order chi connectivity index (χ0) is 20.6. The molecule has 2 fully saturated rings. The van der Waals surface area contributed by atoms with E-state index in [0.29, 0.717) is 17.7 Å². The number of fused-ring (bicyclic) bond motifs is 2. The van der Waals surface area contributed by atoms with Gasteiger partial charge in [-0.15, -0.1) is 11.3 Å². The average molecular weight is 415 g/mol. The van der Waals surface area contributed by atoms with Crippen molar-refractivity contribution in [2.45, 2.75) is 57.2 Å². The molecule has 154 valence electrons. The fourth-order valence-corrected chi connectivity index (χ4v) is 5.33. The van der Waals surface area contributed by atoms with E-state index in [1.165, 1.54) is 11.3 Å². The zero-order valence-electron chi connectivity index (χ0n) is 16.7. The minimum absolute atomic E-state index is 0.0495. The first-order valence-corrected chi connectivity index (χ1v) is 11.0. The summed E-state index contributed by atoms with van der Waals surface area (Å²) >= 11 is 1.41. The largest absolute Gasteiger partial charge is 0.367 e. The Morgan fingerprint density at radius 2 is 2.10 bits per heavy atom. The Morgan fingerprint density at radius 3 is 2.86 bits per heavy atom. The van der Waals surface area contributed by atoms with Crippen molar-refractivity contribution in [1.29, 1.82) is 0 Å². The molecule has 6 nitrogen and oxygen atoms in total. The van der Waals surface area contributed by atoms with Crippen molar-refractivity contribution in [3.05, 3.63) is 35.2 Å². The molecule has 1 aliphatic carbocycles. The summed E-state index contributed by atoms with van der Waals surface area (Å²) in [7, 11) is 0. The van der Waals surface area contributed by atoms with Gasteiger partial charge < -0.3 is 15.4 Å². The van der Waals surface area contributed by atoms with Crippen molar-refractivity contribution in [3.8, 4) is 0 Å². The number of ketones is 1. The lowest BCUT2D eigenvalue weighted by Gasteiger charge is -2.30. The Kier molecular flexibility index (Phi) is 5.44. The molecule has 1 aromatic heterocycles. The van der Waals surface area contributed by atoms with Crippen LogP contribution in [0.5, 0.6) is 0 Å². The third-order valence-electron chi connectivity index (χ3n) is 5.82. The van der Waals surface area contributed by atoms with Gasteiger partial charge in [0.2, 0.25) is 5.91 Å². The number of amides is 2. The second-order valence-corrected chi connectivity index (χ2v) is 9.46. The SMILES string of the molecule is CC(C)C[C@H](NC(=O)c1cc2ccccc2s1)C(=O)N[C@]12CCC[C@H]1OCC2=O. The number of thiophene rings is 1. The number of hydrogen-bond donors (Lipinski definition) is 2. The summed E-state index contributed by atoms with van der Waals surface area (Å²) in [5, 5.41) is 6.87. The smallest absolute Gasteiger partial charge is 0.262 e. The van der Waals surface area contributed by atoms with Gasteiger partial charge in [-0.1, -0.05) is 32.0 Å². The lowest BCUT2D eigenvalue weighted by Crippen LogP contribution is -2.60. The quantitative estimate of drug-likeness (QED) is 0.761. The van der Waals surface area contributed by atoms with Crippen LogP contribution in [0.15, 0.2) is 30.3 Å².